The predicted octanol–water partition coefficient (Wildman–Crippen LogP) is 3.35. The number of benzene rings is 2. The minimum Gasteiger partial charge on any atom is -0.397 e. The topological polar surface area (TPSA) is 88.3 Å². The van der Waals surface area contributed by atoms with E-state index in [1.54, 1.807) is 6.20 Å². The number of nitrogens with one attached hydrogen (secondary N) is 2. The lowest BCUT2D eigenvalue weighted by molar-refractivity contribution is 0.122. The summed E-state index contributed by atoms with van der Waals surface area (Å²) in [6.07, 6.45) is 1.74. The van der Waals surface area contributed by atoms with E-state index in [2.05, 4.69) is 37.6 Å². The molecule has 144 valence electrons. The number of morpholine rings is 1. The second kappa shape index (κ2) is 8.14. The molecule has 7 nitrogen and oxygen atoms in total. The molecular weight excluding hydrogens is 352 g/mol. The molecular formula is C21H24N6O. The number of aromatic nitrogens is 2. The van der Waals surface area contributed by atoms with E-state index < -0.39 is 0 Å². The quantitative estimate of drug-likeness (QED) is 0.589. The Kier molecular flexibility index (Phi) is 5.25. The predicted molar refractivity (Wildman–Crippen MR) is 114 cm³/mol. The van der Waals surface area contributed by atoms with E-state index in [1.165, 1.54) is 5.69 Å². The summed E-state index contributed by atoms with van der Waals surface area (Å²) in [5.74, 6) is 0.549. The average Bonchev–Trinajstić information content (AvgIpc) is 2.75. The zero-order valence-corrected chi connectivity index (χ0v) is 15.9. The van der Waals surface area contributed by atoms with Crippen LogP contribution in [-0.4, -0.2) is 43.3 Å². The summed E-state index contributed by atoms with van der Waals surface area (Å²) in [6, 6.07) is 16.0. The molecule has 0 saturated carbocycles. The van der Waals surface area contributed by atoms with Gasteiger partial charge in [-0.15, -0.1) is 0 Å². The molecule has 0 radical (unpaired) electrons. The van der Waals surface area contributed by atoms with Crippen LogP contribution in [0.2, 0.25) is 0 Å². The van der Waals surface area contributed by atoms with Gasteiger partial charge in [0.05, 0.1) is 30.3 Å². The third kappa shape index (κ3) is 3.99. The Balaban J connectivity index is 1.49. The van der Waals surface area contributed by atoms with Crippen molar-refractivity contribution in [3.63, 3.8) is 0 Å². The van der Waals surface area contributed by atoms with E-state index in [9.17, 15) is 0 Å². The van der Waals surface area contributed by atoms with Gasteiger partial charge >= 0.3 is 0 Å². The van der Waals surface area contributed by atoms with Crippen LogP contribution in [0, 0.1) is 0 Å². The van der Waals surface area contributed by atoms with Gasteiger partial charge in [-0.3, -0.25) is 0 Å². The van der Waals surface area contributed by atoms with Gasteiger partial charge in [-0.05, 0) is 42.5 Å². The van der Waals surface area contributed by atoms with Crippen molar-refractivity contribution in [3.8, 4) is 11.3 Å². The highest BCUT2D eigenvalue weighted by Gasteiger charge is 2.11. The van der Waals surface area contributed by atoms with Gasteiger partial charge < -0.3 is 26.0 Å². The number of nitrogens with zero attached hydrogens (tertiary/aromatic N) is 3. The maximum absolute atomic E-state index is 6.07. The Bertz CT molecular complexity index is 938. The molecule has 4 rings (SSSR count). The van der Waals surface area contributed by atoms with Gasteiger partial charge in [0.25, 0.3) is 0 Å². The molecule has 7 heteroatoms. The monoisotopic (exact) mass is 376 g/mol. The molecule has 1 fully saturated rings. The molecule has 0 amide bonds. The highest BCUT2D eigenvalue weighted by Crippen LogP contribution is 2.26. The Labute approximate surface area is 164 Å². The third-order valence-corrected chi connectivity index (χ3v) is 4.77. The number of nitrogens with two attached hydrogens (primary N) is 1. The van der Waals surface area contributed by atoms with Crippen LogP contribution in [0.4, 0.5) is 28.7 Å². The number of ether oxygens (including phenoxy) is 1. The normalized spacial score (nSPS) is 14.0. The summed E-state index contributed by atoms with van der Waals surface area (Å²) >= 11 is 0. The molecule has 1 aromatic heterocycles. The van der Waals surface area contributed by atoms with E-state index >= 15 is 0 Å². The van der Waals surface area contributed by atoms with Crippen molar-refractivity contribution >= 4 is 28.7 Å². The van der Waals surface area contributed by atoms with Crippen LogP contribution < -0.4 is 21.3 Å². The number of anilines is 5. The lowest BCUT2D eigenvalue weighted by Gasteiger charge is -2.28. The summed E-state index contributed by atoms with van der Waals surface area (Å²) in [5, 5.41) is 6.34. The van der Waals surface area contributed by atoms with Crippen LogP contribution in [0.5, 0.6) is 0 Å². The van der Waals surface area contributed by atoms with E-state index in [1.807, 2.05) is 43.4 Å². The molecule has 0 bridgehead atoms. The number of hydrogen-bond donors (Lipinski definition) is 3. The Morgan fingerprint density at radius 2 is 1.82 bits per heavy atom. The van der Waals surface area contributed by atoms with E-state index in [0.717, 1.165) is 48.9 Å². The van der Waals surface area contributed by atoms with Crippen LogP contribution in [0.3, 0.4) is 0 Å². The highest BCUT2D eigenvalue weighted by atomic mass is 16.5. The largest absolute Gasteiger partial charge is 0.397 e. The van der Waals surface area contributed by atoms with Crippen molar-refractivity contribution in [2.45, 2.75) is 0 Å². The zero-order chi connectivity index (χ0) is 19.3. The SMILES string of the molecule is CNc1ccc(-c2ccnc(Nc3ccc(N4CCOCC4)cc3)n2)cc1N. The van der Waals surface area contributed by atoms with Crippen molar-refractivity contribution in [2.24, 2.45) is 0 Å². The number of rotatable bonds is 5. The minimum atomic E-state index is 0.549. The standard InChI is InChI=1S/C21H24N6O/c1-23-20-7-2-15(14-18(20)22)19-8-9-24-21(26-19)25-16-3-5-17(6-4-16)27-10-12-28-13-11-27/h2-9,14,23H,10-13,22H2,1H3,(H,24,25,26). The van der Waals surface area contributed by atoms with Crippen molar-refractivity contribution in [1.29, 1.82) is 0 Å². The maximum atomic E-state index is 6.07. The van der Waals surface area contributed by atoms with Gasteiger partial charge in [0, 0.05) is 43.3 Å². The first-order chi connectivity index (χ1) is 13.7. The fraction of sp³-hybridized carbons (Fsp3) is 0.238. The zero-order valence-electron chi connectivity index (χ0n) is 15.9. The van der Waals surface area contributed by atoms with Gasteiger partial charge in [0.2, 0.25) is 5.95 Å². The molecule has 0 spiro atoms. The molecule has 3 aromatic rings. The molecule has 1 aliphatic rings. The fourth-order valence-electron chi connectivity index (χ4n) is 3.24. The van der Waals surface area contributed by atoms with Crippen molar-refractivity contribution in [2.75, 3.05) is 54.6 Å². The van der Waals surface area contributed by atoms with Crippen LogP contribution in [-0.2, 0) is 4.74 Å². The van der Waals surface area contributed by atoms with Crippen molar-refractivity contribution in [3.05, 3.63) is 54.7 Å². The summed E-state index contributed by atoms with van der Waals surface area (Å²) < 4.78 is 5.41. The summed E-state index contributed by atoms with van der Waals surface area (Å²) in [4.78, 5) is 11.3. The molecule has 0 atom stereocenters. The lowest BCUT2D eigenvalue weighted by atomic mass is 10.1. The summed E-state index contributed by atoms with van der Waals surface area (Å²) in [6.45, 7) is 3.40. The highest BCUT2D eigenvalue weighted by molar-refractivity contribution is 5.74. The van der Waals surface area contributed by atoms with Crippen LogP contribution >= 0.6 is 0 Å². The molecule has 4 N–H and O–H groups in total. The molecule has 1 aliphatic heterocycles. The number of nitrogen functional groups attached to an aromatic ring is 1. The van der Waals surface area contributed by atoms with E-state index in [4.69, 9.17) is 10.5 Å². The van der Waals surface area contributed by atoms with Crippen LogP contribution in [0.1, 0.15) is 0 Å². The Morgan fingerprint density at radius 1 is 1.04 bits per heavy atom. The molecule has 0 aliphatic carbocycles. The van der Waals surface area contributed by atoms with Gasteiger partial charge in [-0.25, -0.2) is 9.97 Å². The molecule has 1 saturated heterocycles. The first-order valence-corrected chi connectivity index (χ1v) is 9.33. The molecule has 2 heterocycles. The molecule has 28 heavy (non-hydrogen) atoms. The van der Waals surface area contributed by atoms with Gasteiger partial charge in [-0.2, -0.15) is 0 Å². The Hall–Kier alpha value is -3.32. The fourth-order valence-corrected chi connectivity index (χ4v) is 3.24. The Morgan fingerprint density at radius 3 is 2.54 bits per heavy atom. The second-order valence-electron chi connectivity index (χ2n) is 6.59. The summed E-state index contributed by atoms with van der Waals surface area (Å²) in [7, 11) is 1.85. The molecule has 2 aromatic carbocycles. The summed E-state index contributed by atoms with van der Waals surface area (Å²) in [5.41, 5.74) is 11.6. The molecule has 0 unspecified atom stereocenters. The van der Waals surface area contributed by atoms with E-state index in [-0.39, 0.29) is 0 Å². The average molecular weight is 376 g/mol. The first-order valence-electron chi connectivity index (χ1n) is 9.33. The van der Waals surface area contributed by atoms with Crippen molar-refractivity contribution < 1.29 is 4.74 Å². The van der Waals surface area contributed by atoms with Crippen LogP contribution in [0.25, 0.3) is 11.3 Å². The van der Waals surface area contributed by atoms with Gasteiger partial charge in [-0.1, -0.05) is 6.07 Å². The second-order valence-corrected chi connectivity index (χ2v) is 6.59. The number of hydrogen-bond acceptors (Lipinski definition) is 7. The smallest absolute Gasteiger partial charge is 0.227 e. The first kappa shape index (κ1) is 18.1. The van der Waals surface area contributed by atoms with Crippen molar-refractivity contribution in [1.82, 2.24) is 9.97 Å². The minimum absolute atomic E-state index is 0.549. The van der Waals surface area contributed by atoms with Crippen LogP contribution in [0.15, 0.2) is 54.7 Å². The van der Waals surface area contributed by atoms with E-state index in [0.29, 0.717) is 11.6 Å². The van der Waals surface area contributed by atoms with Gasteiger partial charge in [0.15, 0.2) is 0 Å². The third-order valence-electron chi connectivity index (χ3n) is 4.77. The maximum Gasteiger partial charge on any atom is 0.227 e. The van der Waals surface area contributed by atoms with Gasteiger partial charge in [0.1, 0.15) is 0 Å². The lowest BCUT2D eigenvalue weighted by Crippen LogP contribution is -2.36.